The minimum atomic E-state index is -0.0977. The molecule has 1 aromatic heterocycles. The Kier molecular flexibility index (Phi) is 7.24. The molecule has 2 aliphatic rings. The van der Waals surface area contributed by atoms with Crippen molar-refractivity contribution in [1.29, 1.82) is 0 Å². The van der Waals surface area contributed by atoms with Crippen LogP contribution >= 0.6 is 11.3 Å². The molecular formula is C30H33NS. The van der Waals surface area contributed by atoms with Crippen molar-refractivity contribution in [2.24, 2.45) is 5.73 Å². The molecule has 1 nitrogen and oxygen atoms in total. The van der Waals surface area contributed by atoms with E-state index in [0.717, 1.165) is 6.42 Å². The number of aryl methyl sites for hydroxylation is 2. The summed E-state index contributed by atoms with van der Waals surface area (Å²) in [4.78, 5) is 0. The Balaban J connectivity index is 0.000000145. The van der Waals surface area contributed by atoms with Gasteiger partial charge in [-0.3, -0.25) is 0 Å². The van der Waals surface area contributed by atoms with E-state index in [4.69, 9.17) is 5.73 Å². The maximum Gasteiger partial charge on any atom is 0.0348 e. The molecule has 2 aliphatic carbocycles. The van der Waals surface area contributed by atoms with Crippen LogP contribution in [0.5, 0.6) is 0 Å². The van der Waals surface area contributed by atoms with Crippen LogP contribution < -0.4 is 5.73 Å². The molecule has 0 fully saturated rings. The third kappa shape index (κ3) is 5.56. The van der Waals surface area contributed by atoms with E-state index in [1.54, 1.807) is 22.5 Å². The van der Waals surface area contributed by atoms with Crippen LogP contribution in [0.25, 0.3) is 21.5 Å². The highest BCUT2D eigenvalue weighted by Crippen LogP contribution is 2.33. The van der Waals surface area contributed by atoms with E-state index in [9.17, 15) is 0 Å². The first-order valence-electron chi connectivity index (χ1n) is 11.6. The fourth-order valence-corrected chi connectivity index (χ4v) is 4.86. The molecule has 1 heterocycles. The van der Waals surface area contributed by atoms with Crippen LogP contribution in [0.1, 0.15) is 44.2 Å². The summed E-state index contributed by atoms with van der Waals surface area (Å²) in [5.74, 6) is 0. The normalized spacial score (nSPS) is 19.3. The van der Waals surface area contributed by atoms with Crippen molar-refractivity contribution in [2.75, 3.05) is 0 Å². The standard InChI is InChI=1S/C18H16.C8H13N.C4H4S/c1-3-7-15-13(5-1)9-11-18-16-8-4-2-6-14(16)10-12-17(15)18;1-7-3-5-8(2,9)6-4-7;1-2-4-5-3-1/h1,3,5,7,9-12H,2,4,6,8H2;3-5H,6,9H2,1-2H3;1-4H. The van der Waals surface area contributed by atoms with E-state index in [1.165, 1.54) is 52.8 Å². The number of benzene rings is 3. The van der Waals surface area contributed by atoms with Gasteiger partial charge in [0.15, 0.2) is 0 Å². The molecule has 0 amide bonds. The fourth-order valence-electron chi connectivity index (χ4n) is 4.41. The van der Waals surface area contributed by atoms with Gasteiger partial charge in [-0.15, -0.1) is 0 Å². The van der Waals surface area contributed by atoms with E-state index in [0.29, 0.717) is 0 Å². The van der Waals surface area contributed by atoms with Gasteiger partial charge in [0.25, 0.3) is 0 Å². The Bertz CT molecular complexity index is 1210. The molecule has 0 radical (unpaired) electrons. The summed E-state index contributed by atoms with van der Waals surface area (Å²) in [7, 11) is 0. The third-order valence-electron chi connectivity index (χ3n) is 6.27. The molecule has 164 valence electrons. The van der Waals surface area contributed by atoms with E-state index in [2.05, 4.69) is 73.7 Å². The van der Waals surface area contributed by atoms with Crippen LogP contribution in [-0.2, 0) is 12.8 Å². The molecule has 2 N–H and O–H groups in total. The highest BCUT2D eigenvalue weighted by molar-refractivity contribution is 7.07. The Hall–Kier alpha value is -2.68. The van der Waals surface area contributed by atoms with E-state index < -0.39 is 0 Å². The van der Waals surface area contributed by atoms with Crippen molar-refractivity contribution in [3.05, 3.63) is 106 Å². The van der Waals surface area contributed by atoms with Crippen LogP contribution in [0, 0.1) is 0 Å². The van der Waals surface area contributed by atoms with E-state index in [-0.39, 0.29) is 5.54 Å². The van der Waals surface area contributed by atoms with Crippen molar-refractivity contribution in [3.63, 3.8) is 0 Å². The molecule has 4 aromatic rings. The predicted molar refractivity (Wildman–Crippen MR) is 143 cm³/mol. The van der Waals surface area contributed by atoms with Gasteiger partial charge in [-0.25, -0.2) is 0 Å². The van der Waals surface area contributed by atoms with Crippen LogP contribution in [0.3, 0.4) is 0 Å². The van der Waals surface area contributed by atoms with Crippen molar-refractivity contribution >= 4 is 32.9 Å². The zero-order valence-corrected chi connectivity index (χ0v) is 20.0. The number of hydrogen-bond acceptors (Lipinski definition) is 2. The number of allylic oxidation sites excluding steroid dienone is 2. The monoisotopic (exact) mass is 439 g/mol. The maximum absolute atomic E-state index is 5.81. The van der Waals surface area contributed by atoms with Gasteiger partial charge in [-0.1, -0.05) is 84.5 Å². The quantitative estimate of drug-likeness (QED) is 0.274. The summed E-state index contributed by atoms with van der Waals surface area (Å²) in [5, 5.41) is 9.73. The third-order valence-corrected chi connectivity index (χ3v) is 6.90. The van der Waals surface area contributed by atoms with Crippen molar-refractivity contribution in [3.8, 4) is 0 Å². The van der Waals surface area contributed by atoms with Gasteiger partial charge < -0.3 is 5.73 Å². The van der Waals surface area contributed by atoms with Crippen molar-refractivity contribution < 1.29 is 0 Å². The van der Waals surface area contributed by atoms with Crippen LogP contribution in [0.15, 0.2) is 95.2 Å². The predicted octanol–water partition coefficient (Wildman–Crippen LogP) is 8.23. The second kappa shape index (κ2) is 10.3. The van der Waals surface area contributed by atoms with Gasteiger partial charge in [0, 0.05) is 5.54 Å². The lowest BCUT2D eigenvalue weighted by molar-refractivity contribution is 0.586. The molecule has 0 aliphatic heterocycles. The molecule has 1 unspecified atom stereocenters. The Morgan fingerprint density at radius 1 is 0.812 bits per heavy atom. The minimum Gasteiger partial charge on any atom is -0.322 e. The first-order chi connectivity index (χ1) is 15.5. The summed E-state index contributed by atoms with van der Waals surface area (Å²) < 4.78 is 0. The average molecular weight is 440 g/mol. The highest BCUT2D eigenvalue weighted by atomic mass is 32.1. The average Bonchev–Trinajstić information content (AvgIpc) is 3.41. The number of thiophene rings is 1. The molecule has 32 heavy (non-hydrogen) atoms. The molecule has 0 spiro atoms. The van der Waals surface area contributed by atoms with Crippen LogP contribution in [-0.4, -0.2) is 5.54 Å². The lowest BCUT2D eigenvalue weighted by Crippen LogP contribution is -2.33. The molecule has 3 aromatic carbocycles. The molecule has 0 saturated heterocycles. The zero-order chi connectivity index (χ0) is 22.4. The van der Waals surface area contributed by atoms with Gasteiger partial charge >= 0.3 is 0 Å². The topological polar surface area (TPSA) is 26.0 Å². The lowest BCUT2D eigenvalue weighted by Gasteiger charge is -2.21. The lowest BCUT2D eigenvalue weighted by atomic mass is 9.86. The largest absolute Gasteiger partial charge is 0.322 e. The SMILES string of the molecule is CC1=CCC(C)(N)C=C1.c1ccc2c(c1)ccc1c3c(ccc12)CCCC3.c1ccsc1. The highest BCUT2D eigenvalue weighted by Gasteiger charge is 2.14. The smallest absolute Gasteiger partial charge is 0.0348 e. The summed E-state index contributed by atoms with van der Waals surface area (Å²) >= 11 is 1.71. The second-order valence-electron chi connectivity index (χ2n) is 9.08. The minimum absolute atomic E-state index is 0.0977. The maximum atomic E-state index is 5.81. The second-order valence-corrected chi connectivity index (χ2v) is 9.89. The van der Waals surface area contributed by atoms with Gasteiger partial charge in [0.1, 0.15) is 0 Å². The van der Waals surface area contributed by atoms with Crippen molar-refractivity contribution in [1.82, 2.24) is 0 Å². The summed E-state index contributed by atoms with van der Waals surface area (Å²) in [6.07, 6.45) is 12.5. The Morgan fingerprint density at radius 2 is 1.56 bits per heavy atom. The Morgan fingerprint density at radius 3 is 2.25 bits per heavy atom. The fraction of sp³-hybridized carbons (Fsp3) is 0.267. The van der Waals surface area contributed by atoms with Gasteiger partial charge in [0.05, 0.1) is 0 Å². The number of fused-ring (bicyclic) bond motifs is 5. The molecule has 6 rings (SSSR count). The van der Waals surface area contributed by atoms with Crippen LogP contribution in [0.2, 0.25) is 0 Å². The molecule has 2 heteroatoms. The number of nitrogens with two attached hydrogens (primary N) is 1. The first-order valence-corrected chi connectivity index (χ1v) is 12.5. The van der Waals surface area contributed by atoms with Crippen LogP contribution in [0.4, 0.5) is 0 Å². The summed E-state index contributed by atoms with van der Waals surface area (Å²) in [6.45, 7) is 4.12. The Labute approximate surface area is 196 Å². The van der Waals surface area contributed by atoms with Gasteiger partial charge in [0.2, 0.25) is 0 Å². The first kappa shape index (κ1) is 22.5. The summed E-state index contributed by atoms with van der Waals surface area (Å²) in [5.41, 5.74) is 10.2. The number of rotatable bonds is 0. The van der Waals surface area contributed by atoms with Gasteiger partial charge in [-0.05, 0) is 89.4 Å². The van der Waals surface area contributed by atoms with Crippen molar-refractivity contribution in [2.45, 2.75) is 51.5 Å². The molecular weight excluding hydrogens is 406 g/mol. The molecule has 0 saturated carbocycles. The van der Waals surface area contributed by atoms with Gasteiger partial charge in [-0.2, -0.15) is 11.3 Å². The molecule has 0 bridgehead atoms. The number of hydrogen-bond donors (Lipinski definition) is 1. The van der Waals surface area contributed by atoms with E-state index in [1.807, 2.05) is 29.8 Å². The summed E-state index contributed by atoms with van der Waals surface area (Å²) in [6, 6.07) is 22.0. The zero-order valence-electron chi connectivity index (χ0n) is 19.2. The molecule has 1 atom stereocenters. The van der Waals surface area contributed by atoms with E-state index >= 15 is 0 Å².